The highest BCUT2D eigenvalue weighted by Gasteiger charge is 2.24. The molecule has 1 unspecified atom stereocenters. The smallest absolute Gasteiger partial charge is 0.119 e. The van der Waals surface area contributed by atoms with Crippen LogP contribution in [0.4, 0.5) is 5.69 Å². The van der Waals surface area contributed by atoms with Gasteiger partial charge in [-0.1, -0.05) is 6.07 Å². The van der Waals surface area contributed by atoms with E-state index in [-0.39, 0.29) is 6.04 Å². The Bertz CT molecular complexity index is 541. The Balaban J connectivity index is 1.88. The summed E-state index contributed by atoms with van der Waals surface area (Å²) in [5.74, 6) is 0.887. The normalized spacial score (nSPS) is 18.9. The Kier molecular flexibility index (Phi) is 3.83. The number of piperazine rings is 1. The number of rotatable bonds is 3. The van der Waals surface area contributed by atoms with Crippen LogP contribution in [0.3, 0.4) is 0 Å². The summed E-state index contributed by atoms with van der Waals surface area (Å²) in [6.07, 6.45) is 1.86. The number of ether oxygens (including phenoxy) is 1. The number of anilines is 1. The quantitative estimate of drug-likeness (QED) is 0.927. The van der Waals surface area contributed by atoms with Crippen molar-refractivity contribution < 1.29 is 4.74 Å². The van der Waals surface area contributed by atoms with E-state index in [9.17, 15) is 0 Å². The number of nitrogens with one attached hydrogen (secondary N) is 1. The highest BCUT2D eigenvalue weighted by atomic mass is 16.5. The predicted molar refractivity (Wildman–Crippen MR) is 80.2 cm³/mol. The van der Waals surface area contributed by atoms with E-state index in [4.69, 9.17) is 4.74 Å². The summed E-state index contributed by atoms with van der Waals surface area (Å²) in [6.45, 7) is 2.89. The molecule has 2 aromatic rings. The average Bonchev–Trinajstić information content (AvgIpc) is 2.56. The Morgan fingerprint density at radius 2 is 2.05 bits per heavy atom. The molecule has 3 rings (SSSR count). The van der Waals surface area contributed by atoms with Crippen molar-refractivity contribution in [2.45, 2.75) is 6.04 Å². The topological polar surface area (TPSA) is 37.4 Å². The van der Waals surface area contributed by atoms with E-state index in [2.05, 4.69) is 33.4 Å². The average molecular weight is 269 g/mol. The summed E-state index contributed by atoms with van der Waals surface area (Å²) in [5, 5.41) is 3.45. The van der Waals surface area contributed by atoms with Crippen LogP contribution in [0, 0.1) is 0 Å². The number of nitrogens with zero attached hydrogens (tertiary/aromatic N) is 2. The predicted octanol–water partition coefficient (Wildman–Crippen LogP) is 2.24. The summed E-state index contributed by atoms with van der Waals surface area (Å²) in [5.41, 5.74) is 2.32. The minimum Gasteiger partial charge on any atom is -0.497 e. The molecule has 1 N–H and O–H groups in total. The summed E-state index contributed by atoms with van der Waals surface area (Å²) in [6, 6.07) is 14.6. The molecule has 4 heteroatoms. The molecular formula is C16H19N3O. The Morgan fingerprint density at radius 1 is 1.20 bits per heavy atom. The van der Waals surface area contributed by atoms with Crippen LogP contribution in [-0.4, -0.2) is 31.7 Å². The maximum atomic E-state index is 5.22. The minimum atomic E-state index is 0.276. The molecule has 1 aromatic carbocycles. The second-order valence-corrected chi connectivity index (χ2v) is 4.87. The van der Waals surface area contributed by atoms with Crippen molar-refractivity contribution in [1.29, 1.82) is 0 Å². The van der Waals surface area contributed by atoms with E-state index in [1.165, 1.54) is 5.69 Å². The van der Waals surface area contributed by atoms with Crippen molar-refractivity contribution in [3.63, 3.8) is 0 Å². The van der Waals surface area contributed by atoms with Crippen molar-refractivity contribution in [2.24, 2.45) is 0 Å². The first-order valence-electron chi connectivity index (χ1n) is 6.91. The third-order valence-electron chi connectivity index (χ3n) is 3.68. The van der Waals surface area contributed by atoms with Crippen LogP contribution in [-0.2, 0) is 0 Å². The number of aromatic nitrogens is 1. The van der Waals surface area contributed by atoms with Gasteiger partial charge >= 0.3 is 0 Å². The monoisotopic (exact) mass is 269 g/mol. The minimum absolute atomic E-state index is 0.276. The van der Waals surface area contributed by atoms with Gasteiger partial charge in [-0.25, -0.2) is 0 Å². The molecule has 104 valence electrons. The summed E-state index contributed by atoms with van der Waals surface area (Å²) < 4.78 is 5.22. The first-order valence-corrected chi connectivity index (χ1v) is 6.91. The van der Waals surface area contributed by atoms with Gasteiger partial charge < -0.3 is 15.0 Å². The molecule has 1 aliphatic rings. The van der Waals surface area contributed by atoms with Gasteiger partial charge in [-0.2, -0.15) is 0 Å². The largest absolute Gasteiger partial charge is 0.497 e. The Hall–Kier alpha value is -2.07. The zero-order valence-corrected chi connectivity index (χ0v) is 11.6. The van der Waals surface area contributed by atoms with Crippen molar-refractivity contribution >= 4 is 5.69 Å². The zero-order chi connectivity index (χ0) is 13.8. The number of hydrogen-bond donors (Lipinski definition) is 1. The molecule has 0 saturated carbocycles. The van der Waals surface area contributed by atoms with Crippen LogP contribution in [0.15, 0.2) is 48.7 Å². The number of hydrogen-bond acceptors (Lipinski definition) is 4. The van der Waals surface area contributed by atoms with E-state index in [1.807, 2.05) is 30.5 Å². The standard InChI is InChI=1S/C16H19N3O/c1-20-14-7-5-13(6-8-14)19-11-10-17-12-16(19)15-4-2-3-9-18-15/h2-9,16-17H,10-12H2,1H3. The van der Waals surface area contributed by atoms with Gasteiger partial charge in [0.1, 0.15) is 5.75 Å². The summed E-state index contributed by atoms with van der Waals surface area (Å²) in [7, 11) is 1.69. The first kappa shape index (κ1) is 12.9. The van der Waals surface area contributed by atoms with Gasteiger partial charge in [-0.15, -0.1) is 0 Å². The maximum Gasteiger partial charge on any atom is 0.119 e. The van der Waals surface area contributed by atoms with Gasteiger partial charge in [0.2, 0.25) is 0 Å². The van der Waals surface area contributed by atoms with Crippen LogP contribution in [0.2, 0.25) is 0 Å². The summed E-state index contributed by atoms with van der Waals surface area (Å²) in [4.78, 5) is 6.91. The Labute approximate surface area is 119 Å². The zero-order valence-electron chi connectivity index (χ0n) is 11.6. The first-order chi connectivity index (χ1) is 9.88. The number of benzene rings is 1. The molecule has 0 spiro atoms. The third-order valence-corrected chi connectivity index (χ3v) is 3.68. The molecule has 0 amide bonds. The molecule has 1 aromatic heterocycles. The van der Waals surface area contributed by atoms with Gasteiger partial charge in [0.05, 0.1) is 18.8 Å². The Morgan fingerprint density at radius 3 is 2.75 bits per heavy atom. The highest BCUT2D eigenvalue weighted by molar-refractivity contribution is 5.51. The van der Waals surface area contributed by atoms with Crippen molar-refractivity contribution in [3.8, 4) is 5.75 Å². The number of methoxy groups -OCH3 is 1. The van der Waals surface area contributed by atoms with Crippen molar-refractivity contribution in [3.05, 3.63) is 54.4 Å². The lowest BCUT2D eigenvalue weighted by molar-refractivity contribution is 0.414. The van der Waals surface area contributed by atoms with Gasteiger partial charge in [0.25, 0.3) is 0 Å². The van der Waals surface area contributed by atoms with Crippen LogP contribution >= 0.6 is 0 Å². The molecule has 0 aliphatic carbocycles. The molecule has 1 saturated heterocycles. The van der Waals surface area contributed by atoms with Crippen molar-refractivity contribution in [1.82, 2.24) is 10.3 Å². The van der Waals surface area contributed by atoms with Gasteiger partial charge in [-0.05, 0) is 36.4 Å². The van der Waals surface area contributed by atoms with Gasteiger partial charge in [0, 0.05) is 31.5 Å². The third kappa shape index (κ3) is 2.60. The fraction of sp³-hybridized carbons (Fsp3) is 0.312. The molecule has 2 heterocycles. The lowest BCUT2D eigenvalue weighted by Gasteiger charge is -2.37. The SMILES string of the molecule is COc1ccc(N2CCNCC2c2ccccn2)cc1. The van der Waals surface area contributed by atoms with Crippen LogP contribution in [0.25, 0.3) is 0 Å². The molecule has 20 heavy (non-hydrogen) atoms. The molecule has 4 nitrogen and oxygen atoms in total. The molecular weight excluding hydrogens is 250 g/mol. The van der Waals surface area contributed by atoms with E-state index >= 15 is 0 Å². The molecule has 1 fully saturated rings. The van der Waals surface area contributed by atoms with Gasteiger partial charge in [0.15, 0.2) is 0 Å². The van der Waals surface area contributed by atoms with Crippen LogP contribution in [0.5, 0.6) is 5.75 Å². The summed E-state index contributed by atoms with van der Waals surface area (Å²) >= 11 is 0. The second-order valence-electron chi connectivity index (χ2n) is 4.87. The van der Waals surface area contributed by atoms with E-state index in [0.717, 1.165) is 31.1 Å². The molecule has 1 aliphatic heterocycles. The van der Waals surface area contributed by atoms with E-state index < -0.39 is 0 Å². The second kappa shape index (κ2) is 5.92. The number of pyridine rings is 1. The maximum absolute atomic E-state index is 5.22. The molecule has 0 bridgehead atoms. The highest BCUT2D eigenvalue weighted by Crippen LogP contribution is 2.28. The molecule has 0 radical (unpaired) electrons. The fourth-order valence-corrected chi connectivity index (χ4v) is 2.62. The van der Waals surface area contributed by atoms with Gasteiger partial charge in [-0.3, -0.25) is 4.98 Å². The van der Waals surface area contributed by atoms with Crippen molar-refractivity contribution in [2.75, 3.05) is 31.6 Å². The van der Waals surface area contributed by atoms with E-state index in [0.29, 0.717) is 0 Å². The van der Waals surface area contributed by atoms with Crippen LogP contribution < -0.4 is 15.0 Å². The fourth-order valence-electron chi connectivity index (χ4n) is 2.62. The lowest BCUT2D eigenvalue weighted by Crippen LogP contribution is -2.46. The lowest BCUT2D eigenvalue weighted by atomic mass is 10.1. The van der Waals surface area contributed by atoms with E-state index in [1.54, 1.807) is 7.11 Å². The van der Waals surface area contributed by atoms with Crippen LogP contribution in [0.1, 0.15) is 11.7 Å². The molecule has 1 atom stereocenters.